The first kappa shape index (κ1) is 16.3. The molecule has 21 heavy (non-hydrogen) atoms. The molecule has 1 saturated heterocycles. The first-order chi connectivity index (χ1) is 9.94. The molecule has 2 rings (SSSR count). The topological polar surface area (TPSA) is 78.4 Å². The minimum atomic E-state index is -0.828. The highest BCUT2D eigenvalue weighted by Gasteiger charge is 2.46. The van der Waals surface area contributed by atoms with E-state index in [2.05, 4.69) is 10.6 Å². The molecule has 2 fully saturated rings. The Bertz CT molecular complexity index is 404. The highest BCUT2D eigenvalue weighted by atomic mass is 16.4. The Hall–Kier alpha value is -1.10. The maximum absolute atomic E-state index is 12.8. The standard InChI is InChI=1S/C16H28N2O3/c1-3-16(9-6-10-17-11-16)13(19)18-12-7-4-5-8-15(12,2)14(20)21/h12,17H,3-11H2,1-2H3,(H,18,19)(H,20,21). The number of nitrogens with one attached hydrogen (secondary N) is 2. The van der Waals surface area contributed by atoms with Gasteiger partial charge in [0.2, 0.25) is 5.91 Å². The maximum Gasteiger partial charge on any atom is 0.311 e. The number of rotatable bonds is 4. The van der Waals surface area contributed by atoms with Crippen LogP contribution in [0.5, 0.6) is 0 Å². The summed E-state index contributed by atoms with van der Waals surface area (Å²) in [4.78, 5) is 24.4. The molecule has 1 saturated carbocycles. The molecule has 0 bridgehead atoms. The van der Waals surface area contributed by atoms with Gasteiger partial charge in [-0.25, -0.2) is 0 Å². The average Bonchev–Trinajstić information content (AvgIpc) is 2.50. The molecule has 0 radical (unpaired) electrons. The van der Waals surface area contributed by atoms with Crippen LogP contribution in [0.15, 0.2) is 0 Å². The van der Waals surface area contributed by atoms with Crippen LogP contribution in [0.2, 0.25) is 0 Å². The van der Waals surface area contributed by atoms with Gasteiger partial charge in [-0.15, -0.1) is 0 Å². The van der Waals surface area contributed by atoms with Crippen molar-refractivity contribution >= 4 is 11.9 Å². The van der Waals surface area contributed by atoms with Crippen molar-refractivity contribution in [2.45, 2.75) is 64.8 Å². The molecule has 3 unspecified atom stereocenters. The highest BCUT2D eigenvalue weighted by Crippen LogP contribution is 2.38. The first-order valence-electron chi connectivity index (χ1n) is 8.20. The molecule has 3 N–H and O–H groups in total. The molecule has 5 nitrogen and oxygen atoms in total. The molecule has 1 aliphatic heterocycles. The third-order valence-corrected chi connectivity index (χ3v) is 5.63. The number of aliphatic carboxylic acids is 1. The van der Waals surface area contributed by atoms with E-state index in [1.165, 1.54) is 0 Å². The Morgan fingerprint density at radius 1 is 1.29 bits per heavy atom. The van der Waals surface area contributed by atoms with Crippen molar-refractivity contribution in [1.29, 1.82) is 0 Å². The molecule has 1 aliphatic carbocycles. The van der Waals surface area contributed by atoms with Gasteiger partial charge in [-0.05, 0) is 45.6 Å². The summed E-state index contributed by atoms with van der Waals surface area (Å²) in [7, 11) is 0. The number of hydrogen-bond acceptors (Lipinski definition) is 3. The number of carbonyl (C=O) groups excluding carboxylic acids is 1. The van der Waals surface area contributed by atoms with Crippen molar-refractivity contribution in [2.75, 3.05) is 13.1 Å². The van der Waals surface area contributed by atoms with Crippen molar-refractivity contribution in [1.82, 2.24) is 10.6 Å². The van der Waals surface area contributed by atoms with E-state index in [4.69, 9.17) is 0 Å². The van der Waals surface area contributed by atoms with Crippen molar-refractivity contribution in [3.8, 4) is 0 Å². The van der Waals surface area contributed by atoms with Crippen molar-refractivity contribution < 1.29 is 14.7 Å². The van der Waals surface area contributed by atoms with Crippen LogP contribution in [0, 0.1) is 10.8 Å². The summed E-state index contributed by atoms with van der Waals surface area (Å²) in [5, 5.41) is 16.0. The third kappa shape index (κ3) is 3.07. The van der Waals surface area contributed by atoms with Crippen LogP contribution in [0.25, 0.3) is 0 Å². The van der Waals surface area contributed by atoms with Gasteiger partial charge in [-0.3, -0.25) is 9.59 Å². The summed E-state index contributed by atoms with van der Waals surface area (Å²) in [5.74, 6) is -0.753. The van der Waals surface area contributed by atoms with Gasteiger partial charge in [0, 0.05) is 12.6 Å². The minimum absolute atomic E-state index is 0.0385. The van der Waals surface area contributed by atoms with E-state index in [1.807, 2.05) is 6.92 Å². The summed E-state index contributed by atoms with van der Waals surface area (Å²) >= 11 is 0. The van der Waals surface area contributed by atoms with Gasteiger partial charge in [0.05, 0.1) is 10.8 Å². The number of hydrogen-bond donors (Lipinski definition) is 3. The molecule has 0 aromatic carbocycles. The molecule has 0 aromatic heterocycles. The predicted octanol–water partition coefficient (Wildman–Crippen LogP) is 1.92. The van der Waals surface area contributed by atoms with Crippen molar-refractivity contribution in [2.24, 2.45) is 10.8 Å². The molecular formula is C16H28N2O3. The molecule has 0 spiro atoms. The Morgan fingerprint density at radius 2 is 2.05 bits per heavy atom. The minimum Gasteiger partial charge on any atom is -0.481 e. The van der Waals surface area contributed by atoms with Crippen LogP contribution in [-0.4, -0.2) is 36.1 Å². The van der Waals surface area contributed by atoms with E-state index in [-0.39, 0.29) is 17.4 Å². The van der Waals surface area contributed by atoms with E-state index in [0.717, 1.165) is 45.1 Å². The number of amides is 1. The second kappa shape index (κ2) is 6.34. The zero-order chi connectivity index (χ0) is 15.5. The summed E-state index contributed by atoms with van der Waals surface area (Å²) in [6.07, 6.45) is 6.01. The molecule has 5 heteroatoms. The Morgan fingerprint density at radius 3 is 2.62 bits per heavy atom. The number of piperidine rings is 1. The summed E-state index contributed by atoms with van der Waals surface area (Å²) in [5.41, 5.74) is -1.19. The van der Waals surface area contributed by atoms with Gasteiger partial charge in [0.25, 0.3) is 0 Å². The molecule has 2 aliphatic rings. The summed E-state index contributed by atoms with van der Waals surface area (Å²) in [6.45, 7) is 5.48. The quantitative estimate of drug-likeness (QED) is 0.740. The first-order valence-corrected chi connectivity index (χ1v) is 8.20. The highest BCUT2D eigenvalue weighted by molar-refractivity contribution is 5.84. The van der Waals surface area contributed by atoms with Gasteiger partial charge in [-0.2, -0.15) is 0 Å². The monoisotopic (exact) mass is 296 g/mol. The van der Waals surface area contributed by atoms with Gasteiger partial charge in [0.1, 0.15) is 0 Å². The lowest BCUT2D eigenvalue weighted by Gasteiger charge is -2.42. The van der Waals surface area contributed by atoms with Crippen molar-refractivity contribution in [3.05, 3.63) is 0 Å². The lowest BCUT2D eigenvalue weighted by atomic mass is 9.70. The zero-order valence-corrected chi connectivity index (χ0v) is 13.2. The third-order valence-electron chi connectivity index (χ3n) is 5.63. The number of carboxylic acid groups (broad SMARTS) is 1. The molecular weight excluding hydrogens is 268 g/mol. The summed E-state index contributed by atoms with van der Waals surface area (Å²) < 4.78 is 0. The van der Waals surface area contributed by atoms with Gasteiger partial charge in [-0.1, -0.05) is 19.8 Å². The van der Waals surface area contributed by atoms with Gasteiger partial charge >= 0.3 is 5.97 Å². The van der Waals surface area contributed by atoms with Crippen LogP contribution >= 0.6 is 0 Å². The molecule has 1 heterocycles. The second-order valence-electron chi connectivity index (χ2n) is 6.91. The number of carbonyl (C=O) groups is 2. The SMILES string of the molecule is CCC1(C(=O)NC2CCCCC2(C)C(=O)O)CCCNC1. The fourth-order valence-electron chi connectivity index (χ4n) is 3.76. The molecule has 1 amide bonds. The molecule has 0 aromatic rings. The van der Waals surface area contributed by atoms with Gasteiger partial charge < -0.3 is 15.7 Å². The maximum atomic E-state index is 12.8. The van der Waals surface area contributed by atoms with Crippen LogP contribution in [0.4, 0.5) is 0 Å². The fourth-order valence-corrected chi connectivity index (χ4v) is 3.76. The van der Waals surface area contributed by atoms with E-state index in [1.54, 1.807) is 6.92 Å². The average molecular weight is 296 g/mol. The van der Waals surface area contributed by atoms with E-state index in [0.29, 0.717) is 13.0 Å². The van der Waals surface area contributed by atoms with Crippen LogP contribution in [0.1, 0.15) is 58.8 Å². The van der Waals surface area contributed by atoms with Crippen molar-refractivity contribution in [3.63, 3.8) is 0 Å². The Kier molecular flexibility index (Phi) is 4.91. The molecule has 3 atom stereocenters. The van der Waals surface area contributed by atoms with E-state index in [9.17, 15) is 14.7 Å². The normalized spacial score (nSPS) is 37.0. The number of carboxylic acids is 1. The predicted molar refractivity (Wildman–Crippen MR) is 81.0 cm³/mol. The second-order valence-corrected chi connectivity index (χ2v) is 6.91. The van der Waals surface area contributed by atoms with Crippen LogP contribution < -0.4 is 10.6 Å². The summed E-state index contributed by atoms with van der Waals surface area (Å²) in [6, 6.07) is -0.249. The largest absolute Gasteiger partial charge is 0.481 e. The van der Waals surface area contributed by atoms with Crippen LogP contribution in [0.3, 0.4) is 0 Å². The molecule has 120 valence electrons. The Labute approximate surface area is 126 Å². The fraction of sp³-hybridized carbons (Fsp3) is 0.875. The van der Waals surface area contributed by atoms with E-state index < -0.39 is 11.4 Å². The van der Waals surface area contributed by atoms with E-state index >= 15 is 0 Å². The Balaban J connectivity index is 2.11. The lowest BCUT2D eigenvalue weighted by Crippen LogP contribution is -2.58. The smallest absolute Gasteiger partial charge is 0.311 e. The lowest BCUT2D eigenvalue weighted by molar-refractivity contribution is -0.152. The van der Waals surface area contributed by atoms with Crippen LogP contribution in [-0.2, 0) is 9.59 Å². The van der Waals surface area contributed by atoms with Gasteiger partial charge in [0.15, 0.2) is 0 Å². The zero-order valence-electron chi connectivity index (χ0n) is 13.2.